The van der Waals surface area contributed by atoms with Crippen molar-refractivity contribution in [3.8, 4) is 28.7 Å². The van der Waals surface area contributed by atoms with Crippen LogP contribution >= 0.6 is 0 Å². The average Bonchev–Trinajstić information content (AvgIpc) is 2.41. The number of fused-ring (bicyclic) bond motifs is 1. The number of benzene rings is 2. The van der Waals surface area contributed by atoms with E-state index in [1.165, 1.54) is 24.3 Å². The van der Waals surface area contributed by atoms with Gasteiger partial charge in [0.15, 0.2) is 28.8 Å². The molecule has 1 aliphatic rings. The zero-order valence-corrected chi connectivity index (χ0v) is 10.7. The fraction of sp³-hybridized carbons (Fsp3) is 0.0667. The molecule has 0 saturated carbocycles. The molecule has 3 rings (SSSR count). The van der Waals surface area contributed by atoms with Gasteiger partial charge in [-0.25, -0.2) is 0 Å². The maximum atomic E-state index is 10.1. The van der Waals surface area contributed by atoms with Gasteiger partial charge in [-0.1, -0.05) is 6.07 Å². The van der Waals surface area contributed by atoms with Gasteiger partial charge in [-0.05, 0) is 18.2 Å². The van der Waals surface area contributed by atoms with Crippen LogP contribution in [0.1, 0.15) is 11.1 Å². The fourth-order valence-corrected chi connectivity index (χ4v) is 2.25. The first-order chi connectivity index (χ1) is 9.97. The van der Waals surface area contributed by atoms with Crippen LogP contribution in [0.15, 0.2) is 36.1 Å². The predicted octanol–water partition coefficient (Wildman–Crippen LogP) is 2.37. The molecule has 1 aliphatic heterocycles. The Morgan fingerprint density at radius 1 is 0.905 bits per heavy atom. The van der Waals surface area contributed by atoms with Gasteiger partial charge in [-0.2, -0.15) is 0 Å². The zero-order chi connectivity index (χ0) is 15.1. The number of hydrogen-bond acceptors (Lipinski definition) is 6. The average molecular weight is 288 g/mol. The highest BCUT2D eigenvalue weighted by Crippen LogP contribution is 2.44. The molecule has 5 N–H and O–H groups in total. The van der Waals surface area contributed by atoms with Crippen LogP contribution in [0.2, 0.25) is 0 Å². The number of ether oxygens (including phenoxy) is 1. The molecule has 0 aromatic heterocycles. The van der Waals surface area contributed by atoms with E-state index in [-0.39, 0.29) is 46.5 Å². The Balaban J connectivity index is 2.12. The number of aliphatic hydroxyl groups is 1. The molecule has 0 bridgehead atoms. The van der Waals surface area contributed by atoms with Crippen molar-refractivity contribution in [1.82, 2.24) is 0 Å². The second-order valence-corrected chi connectivity index (χ2v) is 4.68. The van der Waals surface area contributed by atoms with E-state index in [1.54, 1.807) is 0 Å². The summed E-state index contributed by atoms with van der Waals surface area (Å²) in [5.41, 5.74) is 0.513. The summed E-state index contributed by atoms with van der Waals surface area (Å²) in [4.78, 5) is 0. The van der Waals surface area contributed by atoms with Gasteiger partial charge in [0.1, 0.15) is 11.5 Å². The van der Waals surface area contributed by atoms with Crippen LogP contribution in [0, 0.1) is 0 Å². The van der Waals surface area contributed by atoms with Crippen molar-refractivity contribution < 1.29 is 30.3 Å². The molecule has 6 nitrogen and oxygen atoms in total. The molecule has 0 saturated heterocycles. The molecular formula is C15H12O6. The Kier molecular flexibility index (Phi) is 2.79. The molecule has 1 heterocycles. The summed E-state index contributed by atoms with van der Waals surface area (Å²) in [6.45, 7) is 0. The van der Waals surface area contributed by atoms with Crippen molar-refractivity contribution in [3.63, 3.8) is 0 Å². The third-order valence-electron chi connectivity index (χ3n) is 3.21. The lowest BCUT2D eigenvalue weighted by molar-refractivity contribution is 0.342. The van der Waals surface area contributed by atoms with E-state index >= 15 is 0 Å². The number of rotatable bonds is 1. The smallest absolute Gasteiger partial charge is 0.176 e. The highest BCUT2D eigenvalue weighted by Gasteiger charge is 2.26. The first kappa shape index (κ1) is 13.0. The summed E-state index contributed by atoms with van der Waals surface area (Å²) >= 11 is 0. The van der Waals surface area contributed by atoms with Gasteiger partial charge in [0.2, 0.25) is 0 Å². The number of aromatic hydroxyl groups is 4. The van der Waals surface area contributed by atoms with Gasteiger partial charge in [-0.15, -0.1) is 0 Å². The van der Waals surface area contributed by atoms with Crippen molar-refractivity contribution in [2.24, 2.45) is 0 Å². The Morgan fingerprint density at radius 3 is 2.43 bits per heavy atom. The third-order valence-corrected chi connectivity index (χ3v) is 3.21. The first-order valence-electron chi connectivity index (χ1n) is 6.13. The molecule has 0 amide bonds. The van der Waals surface area contributed by atoms with E-state index in [0.717, 1.165) is 6.07 Å². The van der Waals surface area contributed by atoms with E-state index in [2.05, 4.69) is 0 Å². The Morgan fingerprint density at radius 2 is 1.67 bits per heavy atom. The maximum absolute atomic E-state index is 10.1. The predicted molar refractivity (Wildman–Crippen MR) is 73.4 cm³/mol. The molecule has 2 aromatic carbocycles. The number of aliphatic hydroxyl groups excluding tert-OH is 1. The molecule has 21 heavy (non-hydrogen) atoms. The van der Waals surface area contributed by atoms with Crippen LogP contribution < -0.4 is 4.74 Å². The largest absolute Gasteiger partial charge is 0.508 e. The van der Waals surface area contributed by atoms with Crippen LogP contribution in [0.5, 0.6) is 28.7 Å². The van der Waals surface area contributed by atoms with Crippen LogP contribution in [-0.2, 0) is 6.42 Å². The second-order valence-electron chi connectivity index (χ2n) is 4.68. The van der Waals surface area contributed by atoms with E-state index in [0.29, 0.717) is 5.56 Å². The van der Waals surface area contributed by atoms with Crippen molar-refractivity contribution in [3.05, 3.63) is 47.2 Å². The first-order valence-corrected chi connectivity index (χ1v) is 6.13. The molecular weight excluding hydrogens is 276 g/mol. The van der Waals surface area contributed by atoms with Crippen molar-refractivity contribution in [1.29, 1.82) is 0 Å². The summed E-state index contributed by atoms with van der Waals surface area (Å²) < 4.78 is 5.45. The molecule has 0 radical (unpaired) electrons. The zero-order valence-electron chi connectivity index (χ0n) is 10.7. The maximum Gasteiger partial charge on any atom is 0.176 e. The number of para-hydroxylation sites is 1. The number of phenols is 4. The highest BCUT2D eigenvalue weighted by atomic mass is 16.5. The van der Waals surface area contributed by atoms with Gasteiger partial charge in [0, 0.05) is 18.1 Å². The van der Waals surface area contributed by atoms with E-state index in [9.17, 15) is 25.5 Å². The Hall–Kier alpha value is -3.02. The summed E-state index contributed by atoms with van der Waals surface area (Å²) in [6.07, 6.45) is 0.0156. The standard InChI is InChI=1S/C15H12O6/c16-8-4-7-5-11(18)15(21-14(7)12(19)6-8)9-2-1-3-10(17)13(9)20/h1-4,6,16-20H,5H2. The number of hydrogen-bond donors (Lipinski definition) is 5. The highest BCUT2D eigenvalue weighted by molar-refractivity contribution is 5.74. The Bertz CT molecular complexity index is 763. The van der Waals surface area contributed by atoms with Crippen LogP contribution in [-0.4, -0.2) is 25.5 Å². The molecule has 0 fully saturated rings. The van der Waals surface area contributed by atoms with Crippen LogP contribution in [0.25, 0.3) is 5.76 Å². The second kappa shape index (κ2) is 4.52. The molecule has 0 atom stereocenters. The summed E-state index contributed by atoms with van der Waals surface area (Å²) in [7, 11) is 0. The van der Waals surface area contributed by atoms with E-state index in [4.69, 9.17) is 4.74 Å². The minimum Gasteiger partial charge on any atom is -0.508 e. The molecule has 0 unspecified atom stereocenters. The summed E-state index contributed by atoms with van der Waals surface area (Å²) in [6, 6.07) is 6.72. The Labute approximate surface area is 119 Å². The molecule has 6 heteroatoms. The summed E-state index contributed by atoms with van der Waals surface area (Å²) in [5, 5.41) is 48.7. The van der Waals surface area contributed by atoms with Crippen molar-refractivity contribution in [2.45, 2.75) is 6.42 Å². The minimum atomic E-state index is -0.430. The van der Waals surface area contributed by atoms with Gasteiger partial charge in [0.05, 0.1) is 5.56 Å². The van der Waals surface area contributed by atoms with Gasteiger partial charge in [0.25, 0.3) is 0 Å². The van der Waals surface area contributed by atoms with Gasteiger partial charge >= 0.3 is 0 Å². The molecule has 0 spiro atoms. The van der Waals surface area contributed by atoms with E-state index < -0.39 is 5.75 Å². The minimum absolute atomic E-state index is 0.0156. The molecule has 108 valence electrons. The van der Waals surface area contributed by atoms with Gasteiger partial charge in [-0.3, -0.25) is 0 Å². The van der Waals surface area contributed by atoms with Gasteiger partial charge < -0.3 is 30.3 Å². The third kappa shape index (κ3) is 2.06. The molecule has 2 aromatic rings. The normalized spacial score (nSPS) is 13.7. The van der Waals surface area contributed by atoms with Crippen LogP contribution in [0.3, 0.4) is 0 Å². The fourth-order valence-electron chi connectivity index (χ4n) is 2.25. The van der Waals surface area contributed by atoms with Crippen molar-refractivity contribution in [2.75, 3.05) is 0 Å². The number of allylic oxidation sites excluding steroid dienone is 1. The number of phenolic OH excluding ortho intramolecular Hbond substituents is 4. The monoisotopic (exact) mass is 288 g/mol. The van der Waals surface area contributed by atoms with E-state index in [1.807, 2.05) is 0 Å². The van der Waals surface area contributed by atoms with Crippen molar-refractivity contribution >= 4 is 5.76 Å². The lowest BCUT2D eigenvalue weighted by atomic mass is 10.0. The lowest BCUT2D eigenvalue weighted by Crippen LogP contribution is -2.10. The lowest BCUT2D eigenvalue weighted by Gasteiger charge is -2.22. The summed E-state index contributed by atoms with van der Waals surface area (Å²) in [5.74, 6) is -1.37. The molecule has 0 aliphatic carbocycles. The van der Waals surface area contributed by atoms with Crippen LogP contribution in [0.4, 0.5) is 0 Å². The topological polar surface area (TPSA) is 110 Å². The quantitative estimate of drug-likeness (QED) is 0.515. The SMILES string of the molecule is OC1=C(c2cccc(O)c2O)Oc2c(O)cc(O)cc2C1.